The smallest absolute Gasteiger partial charge is 0.326 e. The fraction of sp³-hybridized carbons (Fsp3) is 0.455. The number of carboxylic acid groups (broad SMARTS) is 1. The van der Waals surface area contributed by atoms with Crippen LogP contribution >= 0.6 is 0 Å². The number of rotatable bonds is 7. The van der Waals surface area contributed by atoms with Crippen LogP contribution in [0.3, 0.4) is 0 Å². The zero-order chi connectivity index (χ0) is 16.2. The predicted octanol–water partition coefficient (Wildman–Crippen LogP) is 1.81. The molecule has 0 aliphatic carbocycles. The summed E-state index contributed by atoms with van der Waals surface area (Å²) < 4.78 is 0. The summed E-state index contributed by atoms with van der Waals surface area (Å²) in [6, 6.07) is -0.332. The summed E-state index contributed by atoms with van der Waals surface area (Å²) in [5, 5.41) is 33.1. The largest absolute Gasteiger partial charge is 0.480 e. The van der Waals surface area contributed by atoms with Gasteiger partial charge in [0.05, 0.1) is 15.9 Å². The highest BCUT2D eigenvalue weighted by molar-refractivity contribution is 5.78. The molecule has 0 aromatic carbocycles. The first kappa shape index (κ1) is 16.3. The number of hydrogen-bond acceptors (Lipinski definition) is 7. The zero-order valence-electron chi connectivity index (χ0n) is 11.3. The fourth-order valence-corrected chi connectivity index (χ4v) is 1.65. The molecule has 21 heavy (non-hydrogen) atoms. The van der Waals surface area contributed by atoms with E-state index in [0.29, 0.717) is 0 Å². The van der Waals surface area contributed by atoms with Crippen LogP contribution in [0, 0.1) is 26.1 Å². The maximum Gasteiger partial charge on any atom is 0.326 e. The van der Waals surface area contributed by atoms with Gasteiger partial charge >= 0.3 is 11.7 Å². The maximum atomic E-state index is 11.1. The van der Waals surface area contributed by atoms with Crippen LogP contribution in [0.5, 0.6) is 0 Å². The van der Waals surface area contributed by atoms with E-state index in [2.05, 4.69) is 10.3 Å². The monoisotopic (exact) mass is 298 g/mol. The van der Waals surface area contributed by atoms with Crippen molar-refractivity contribution in [1.82, 2.24) is 4.98 Å². The first-order chi connectivity index (χ1) is 9.72. The summed E-state index contributed by atoms with van der Waals surface area (Å²) in [5.41, 5.74) is -1.18. The first-order valence-electron chi connectivity index (χ1n) is 6.00. The van der Waals surface area contributed by atoms with Crippen molar-refractivity contribution in [3.8, 4) is 0 Å². The number of nitrogens with zero attached hydrogens (tertiary/aromatic N) is 3. The van der Waals surface area contributed by atoms with Gasteiger partial charge in [-0.2, -0.15) is 0 Å². The summed E-state index contributed by atoms with van der Waals surface area (Å²) in [5.74, 6) is -1.45. The van der Waals surface area contributed by atoms with Crippen LogP contribution < -0.4 is 5.32 Å². The van der Waals surface area contributed by atoms with Crippen molar-refractivity contribution in [1.29, 1.82) is 0 Å². The Morgan fingerprint density at radius 3 is 2.43 bits per heavy atom. The van der Waals surface area contributed by atoms with Gasteiger partial charge in [-0.05, 0) is 12.3 Å². The molecule has 10 nitrogen and oxygen atoms in total. The van der Waals surface area contributed by atoms with E-state index in [4.69, 9.17) is 5.11 Å². The Morgan fingerprint density at radius 1 is 1.38 bits per heavy atom. The topological polar surface area (TPSA) is 148 Å². The number of aromatic nitrogens is 1. The van der Waals surface area contributed by atoms with E-state index in [1.54, 1.807) is 13.8 Å². The number of carbonyl (C=O) groups is 1. The number of hydrogen-bond donors (Lipinski definition) is 2. The van der Waals surface area contributed by atoms with Crippen LogP contribution in [-0.4, -0.2) is 31.9 Å². The summed E-state index contributed by atoms with van der Waals surface area (Å²) in [4.78, 5) is 34.6. The second-order valence-corrected chi connectivity index (χ2v) is 4.74. The summed E-state index contributed by atoms with van der Waals surface area (Å²) in [6.45, 7) is 3.60. The molecule has 2 N–H and O–H groups in total. The van der Waals surface area contributed by atoms with Gasteiger partial charge in [0.2, 0.25) is 5.82 Å². The van der Waals surface area contributed by atoms with E-state index < -0.39 is 33.2 Å². The minimum Gasteiger partial charge on any atom is -0.480 e. The molecule has 1 heterocycles. The maximum absolute atomic E-state index is 11.1. The number of nitro groups is 2. The molecule has 1 unspecified atom stereocenters. The minimum absolute atomic E-state index is 0.0377. The molecule has 10 heteroatoms. The van der Waals surface area contributed by atoms with Crippen LogP contribution in [0.15, 0.2) is 12.3 Å². The second-order valence-electron chi connectivity index (χ2n) is 4.74. The quantitative estimate of drug-likeness (QED) is 0.571. The van der Waals surface area contributed by atoms with Crippen LogP contribution in [0.2, 0.25) is 0 Å². The van der Waals surface area contributed by atoms with Crippen LogP contribution in [0.4, 0.5) is 17.2 Å². The normalized spacial score (nSPS) is 12.0. The highest BCUT2D eigenvalue weighted by Crippen LogP contribution is 2.27. The molecule has 0 spiro atoms. The molecule has 0 aliphatic rings. The average Bonchev–Trinajstić information content (AvgIpc) is 2.37. The van der Waals surface area contributed by atoms with E-state index in [0.717, 1.165) is 12.3 Å². The van der Waals surface area contributed by atoms with Crippen LogP contribution in [0.25, 0.3) is 0 Å². The number of aliphatic carboxylic acids is 1. The summed E-state index contributed by atoms with van der Waals surface area (Å²) in [6.07, 6.45) is 1.06. The molecule has 114 valence electrons. The van der Waals surface area contributed by atoms with Gasteiger partial charge in [-0.1, -0.05) is 13.8 Å². The molecule has 0 amide bonds. The zero-order valence-corrected chi connectivity index (χ0v) is 11.3. The molecule has 1 aromatic heterocycles. The van der Waals surface area contributed by atoms with E-state index in [1.165, 1.54) is 0 Å². The van der Waals surface area contributed by atoms with E-state index in [9.17, 15) is 25.0 Å². The third-order valence-electron chi connectivity index (χ3n) is 2.58. The second kappa shape index (κ2) is 6.59. The Labute approximate surface area is 119 Å². The molecule has 0 fully saturated rings. The van der Waals surface area contributed by atoms with Crippen molar-refractivity contribution in [2.75, 3.05) is 5.32 Å². The molecule has 0 aliphatic heterocycles. The third-order valence-corrected chi connectivity index (χ3v) is 2.58. The predicted molar refractivity (Wildman–Crippen MR) is 72.0 cm³/mol. The van der Waals surface area contributed by atoms with Gasteiger partial charge in [0.15, 0.2) is 0 Å². The average molecular weight is 298 g/mol. The van der Waals surface area contributed by atoms with Crippen molar-refractivity contribution in [3.63, 3.8) is 0 Å². The number of pyridine rings is 1. The van der Waals surface area contributed by atoms with Crippen LogP contribution in [-0.2, 0) is 4.79 Å². The van der Waals surface area contributed by atoms with Crippen molar-refractivity contribution in [2.24, 2.45) is 5.92 Å². The molecule has 1 aromatic rings. The Balaban J connectivity index is 3.13. The molecular weight excluding hydrogens is 284 g/mol. The van der Waals surface area contributed by atoms with Crippen LogP contribution in [0.1, 0.15) is 20.3 Å². The fourth-order valence-electron chi connectivity index (χ4n) is 1.65. The van der Waals surface area contributed by atoms with Gasteiger partial charge in [-0.3, -0.25) is 20.2 Å². The van der Waals surface area contributed by atoms with Gasteiger partial charge in [-0.25, -0.2) is 9.78 Å². The molecule has 0 saturated carbocycles. The van der Waals surface area contributed by atoms with Gasteiger partial charge in [-0.15, -0.1) is 0 Å². The van der Waals surface area contributed by atoms with Crippen molar-refractivity contribution in [2.45, 2.75) is 26.3 Å². The molecule has 0 bridgehead atoms. The highest BCUT2D eigenvalue weighted by atomic mass is 16.6. The lowest BCUT2D eigenvalue weighted by molar-refractivity contribution is -0.394. The Morgan fingerprint density at radius 2 is 2.00 bits per heavy atom. The molecular formula is C11H14N4O6. The van der Waals surface area contributed by atoms with E-state index >= 15 is 0 Å². The highest BCUT2D eigenvalue weighted by Gasteiger charge is 2.26. The molecule has 0 saturated heterocycles. The third kappa shape index (κ3) is 4.37. The number of nitrogens with one attached hydrogen (secondary N) is 1. The number of carboxylic acids is 1. The lowest BCUT2D eigenvalue weighted by atomic mass is 10.0. The molecule has 0 radical (unpaired) electrons. The Hall–Kier alpha value is -2.78. The molecule has 1 rings (SSSR count). The van der Waals surface area contributed by atoms with Gasteiger partial charge < -0.3 is 10.4 Å². The van der Waals surface area contributed by atoms with Crippen molar-refractivity contribution >= 4 is 23.2 Å². The Kier molecular flexibility index (Phi) is 5.11. The lowest BCUT2D eigenvalue weighted by Gasteiger charge is -2.16. The molecule has 1 atom stereocenters. The Bertz CT molecular complexity index is 574. The van der Waals surface area contributed by atoms with Gasteiger partial charge in [0.1, 0.15) is 12.2 Å². The first-order valence-corrected chi connectivity index (χ1v) is 6.00. The SMILES string of the molecule is CC(C)CC(Nc1ncc([N+](=O)[O-])cc1[N+](=O)[O-])C(=O)O. The van der Waals surface area contributed by atoms with Crippen molar-refractivity contribution in [3.05, 3.63) is 32.5 Å². The van der Waals surface area contributed by atoms with Gasteiger partial charge in [0, 0.05) is 0 Å². The van der Waals surface area contributed by atoms with Crippen molar-refractivity contribution < 1.29 is 19.7 Å². The lowest BCUT2D eigenvalue weighted by Crippen LogP contribution is -2.31. The summed E-state index contributed by atoms with van der Waals surface area (Å²) >= 11 is 0. The van der Waals surface area contributed by atoms with Gasteiger partial charge in [0.25, 0.3) is 5.69 Å². The standard InChI is InChI=1S/C11H14N4O6/c1-6(2)3-8(11(16)17)13-10-9(15(20)21)4-7(5-12-10)14(18)19/h4-6,8H,3H2,1-2H3,(H,12,13)(H,16,17). The van der Waals surface area contributed by atoms with E-state index in [1.807, 2.05) is 0 Å². The minimum atomic E-state index is -1.18. The summed E-state index contributed by atoms with van der Waals surface area (Å²) in [7, 11) is 0. The van der Waals surface area contributed by atoms with E-state index in [-0.39, 0.29) is 18.2 Å². The number of anilines is 1.